The molecule has 23 heavy (non-hydrogen) atoms. The predicted octanol–water partition coefficient (Wildman–Crippen LogP) is 1.86. The first-order chi connectivity index (χ1) is 10.9. The average Bonchev–Trinajstić information content (AvgIpc) is 2.56. The van der Waals surface area contributed by atoms with Gasteiger partial charge in [-0.25, -0.2) is 0 Å². The molecule has 0 bridgehead atoms. The maximum Gasteiger partial charge on any atom is 0.240 e. The van der Waals surface area contributed by atoms with E-state index < -0.39 is 5.41 Å². The summed E-state index contributed by atoms with van der Waals surface area (Å²) in [6, 6.07) is 12.5. The van der Waals surface area contributed by atoms with Crippen LogP contribution in [0.1, 0.15) is 20.8 Å². The molecule has 0 aliphatic carbocycles. The van der Waals surface area contributed by atoms with Gasteiger partial charge in [0.05, 0.1) is 6.07 Å². The second-order valence-corrected chi connectivity index (χ2v) is 6.73. The Hall–Kier alpha value is -2.06. The second-order valence-electron chi connectivity index (χ2n) is 6.73. The molecule has 2 rings (SSSR count). The molecule has 124 valence electrons. The van der Waals surface area contributed by atoms with Gasteiger partial charge in [-0.3, -0.25) is 9.69 Å². The monoisotopic (exact) mass is 314 g/mol. The lowest BCUT2D eigenvalue weighted by molar-refractivity contribution is -0.127. The van der Waals surface area contributed by atoms with Crippen LogP contribution in [0, 0.1) is 16.7 Å². The third-order valence-electron chi connectivity index (χ3n) is 4.25. The van der Waals surface area contributed by atoms with Crippen LogP contribution in [0.3, 0.4) is 0 Å². The Bertz CT molecular complexity index is 556. The van der Waals surface area contributed by atoms with Crippen molar-refractivity contribution in [1.82, 2.24) is 10.2 Å². The lowest BCUT2D eigenvalue weighted by atomic mass is 9.94. The van der Waals surface area contributed by atoms with Crippen LogP contribution in [0.5, 0.6) is 0 Å². The van der Waals surface area contributed by atoms with Gasteiger partial charge >= 0.3 is 0 Å². The summed E-state index contributed by atoms with van der Waals surface area (Å²) in [4.78, 5) is 16.8. The average molecular weight is 314 g/mol. The molecular formula is C18H26N4O. The Morgan fingerprint density at radius 2 is 1.87 bits per heavy atom. The maximum absolute atomic E-state index is 12.0. The van der Waals surface area contributed by atoms with Gasteiger partial charge in [0.15, 0.2) is 0 Å². The number of piperazine rings is 1. The third-order valence-corrected chi connectivity index (χ3v) is 4.25. The molecule has 1 aliphatic rings. The van der Waals surface area contributed by atoms with Gasteiger partial charge in [0.25, 0.3) is 0 Å². The highest BCUT2D eigenvalue weighted by molar-refractivity contribution is 5.84. The van der Waals surface area contributed by atoms with Crippen LogP contribution in [0.25, 0.3) is 0 Å². The van der Waals surface area contributed by atoms with E-state index >= 15 is 0 Å². The summed E-state index contributed by atoms with van der Waals surface area (Å²) in [6.45, 7) is 10.1. The number of hydrogen-bond acceptors (Lipinski definition) is 4. The molecule has 1 atom stereocenters. The van der Waals surface area contributed by atoms with Gasteiger partial charge in [-0.15, -0.1) is 0 Å². The molecule has 5 nitrogen and oxygen atoms in total. The van der Waals surface area contributed by atoms with Crippen LogP contribution in [0.2, 0.25) is 0 Å². The van der Waals surface area contributed by atoms with E-state index in [0.29, 0.717) is 0 Å². The Kier molecular flexibility index (Phi) is 5.62. The number of carbonyl (C=O) groups excluding carboxylic acids is 1. The predicted molar refractivity (Wildman–Crippen MR) is 92.1 cm³/mol. The first-order valence-electron chi connectivity index (χ1n) is 8.17. The highest BCUT2D eigenvalue weighted by Gasteiger charge is 2.28. The van der Waals surface area contributed by atoms with Crippen LogP contribution in [-0.2, 0) is 4.79 Å². The zero-order valence-corrected chi connectivity index (χ0v) is 14.2. The molecule has 1 amide bonds. The van der Waals surface area contributed by atoms with Crippen LogP contribution in [0.15, 0.2) is 30.3 Å². The van der Waals surface area contributed by atoms with Crippen molar-refractivity contribution in [3.05, 3.63) is 30.3 Å². The lowest BCUT2D eigenvalue weighted by Crippen LogP contribution is -2.52. The van der Waals surface area contributed by atoms with Gasteiger partial charge in [-0.1, -0.05) is 18.2 Å². The van der Waals surface area contributed by atoms with Crippen molar-refractivity contribution < 1.29 is 4.79 Å². The first kappa shape index (κ1) is 17.3. The zero-order valence-electron chi connectivity index (χ0n) is 14.2. The molecule has 1 saturated heterocycles. The Morgan fingerprint density at radius 3 is 2.43 bits per heavy atom. The number of nitrogens with one attached hydrogen (secondary N) is 1. The number of rotatable bonds is 5. The molecule has 1 heterocycles. The highest BCUT2D eigenvalue weighted by Crippen LogP contribution is 2.16. The minimum atomic E-state index is -0.972. The van der Waals surface area contributed by atoms with Gasteiger partial charge in [-0.2, -0.15) is 5.26 Å². The smallest absolute Gasteiger partial charge is 0.240 e. The molecule has 1 aromatic carbocycles. The number of nitrogens with zero attached hydrogens (tertiary/aromatic N) is 3. The van der Waals surface area contributed by atoms with E-state index in [1.54, 1.807) is 13.8 Å². The molecule has 1 fully saturated rings. The molecule has 0 aromatic heterocycles. The highest BCUT2D eigenvalue weighted by atomic mass is 16.2. The van der Waals surface area contributed by atoms with Crippen LogP contribution in [-0.4, -0.2) is 49.6 Å². The van der Waals surface area contributed by atoms with Crippen LogP contribution in [0.4, 0.5) is 5.69 Å². The van der Waals surface area contributed by atoms with E-state index in [9.17, 15) is 4.79 Å². The first-order valence-corrected chi connectivity index (χ1v) is 8.17. The van der Waals surface area contributed by atoms with Crippen LogP contribution < -0.4 is 10.2 Å². The molecular weight excluding hydrogens is 288 g/mol. The lowest BCUT2D eigenvalue weighted by Gasteiger charge is -2.37. The topological polar surface area (TPSA) is 59.4 Å². The van der Waals surface area contributed by atoms with E-state index in [0.717, 1.165) is 32.7 Å². The van der Waals surface area contributed by atoms with Crippen molar-refractivity contribution in [2.75, 3.05) is 37.6 Å². The number of para-hydroxylation sites is 1. The largest absolute Gasteiger partial charge is 0.369 e. The maximum atomic E-state index is 12.0. The number of benzene rings is 1. The molecule has 1 aromatic rings. The quantitative estimate of drug-likeness (QED) is 0.901. The Labute approximate surface area is 138 Å². The third kappa shape index (κ3) is 4.70. The summed E-state index contributed by atoms with van der Waals surface area (Å²) >= 11 is 0. The minimum Gasteiger partial charge on any atom is -0.369 e. The minimum absolute atomic E-state index is 0.0402. The standard InChI is InChI=1S/C18H26N4O/c1-15(20-17(23)18(2,3)14-19)13-21-9-11-22(12-10-21)16-7-5-4-6-8-16/h4-8,15H,9-13H2,1-3H3,(H,20,23)/t15-/m1/s1. The number of anilines is 1. The summed E-state index contributed by atoms with van der Waals surface area (Å²) < 4.78 is 0. The second kappa shape index (κ2) is 7.47. The molecule has 1 N–H and O–H groups in total. The van der Waals surface area contributed by atoms with Crippen molar-refractivity contribution in [2.24, 2.45) is 5.41 Å². The van der Waals surface area contributed by atoms with Crippen molar-refractivity contribution in [1.29, 1.82) is 5.26 Å². The van der Waals surface area contributed by atoms with E-state index in [1.165, 1.54) is 5.69 Å². The van der Waals surface area contributed by atoms with Gasteiger partial charge in [-0.05, 0) is 32.9 Å². The van der Waals surface area contributed by atoms with Gasteiger partial charge in [0, 0.05) is 44.5 Å². The van der Waals surface area contributed by atoms with E-state index in [-0.39, 0.29) is 11.9 Å². The van der Waals surface area contributed by atoms with Crippen LogP contribution >= 0.6 is 0 Å². The Balaban J connectivity index is 1.78. The summed E-state index contributed by atoms with van der Waals surface area (Å²) in [7, 11) is 0. The van der Waals surface area contributed by atoms with E-state index in [2.05, 4.69) is 39.4 Å². The molecule has 0 unspecified atom stereocenters. The fourth-order valence-corrected chi connectivity index (χ4v) is 2.72. The number of hydrogen-bond donors (Lipinski definition) is 1. The normalized spacial score (nSPS) is 17.4. The fraction of sp³-hybridized carbons (Fsp3) is 0.556. The molecule has 1 aliphatic heterocycles. The molecule has 0 spiro atoms. The zero-order chi connectivity index (χ0) is 16.9. The molecule has 0 saturated carbocycles. The van der Waals surface area contributed by atoms with Crippen molar-refractivity contribution in [2.45, 2.75) is 26.8 Å². The summed E-state index contributed by atoms with van der Waals surface area (Å²) in [5, 5.41) is 12.0. The van der Waals surface area contributed by atoms with Gasteiger partial charge in [0.2, 0.25) is 5.91 Å². The number of nitriles is 1. The summed E-state index contributed by atoms with van der Waals surface area (Å²) in [5.74, 6) is -0.199. The molecule has 5 heteroatoms. The fourth-order valence-electron chi connectivity index (χ4n) is 2.72. The summed E-state index contributed by atoms with van der Waals surface area (Å²) in [5.41, 5.74) is 0.296. The number of amides is 1. The van der Waals surface area contributed by atoms with E-state index in [1.807, 2.05) is 19.1 Å². The van der Waals surface area contributed by atoms with Crippen molar-refractivity contribution in [3.8, 4) is 6.07 Å². The Morgan fingerprint density at radius 1 is 1.26 bits per heavy atom. The molecule has 0 radical (unpaired) electrons. The summed E-state index contributed by atoms with van der Waals surface area (Å²) in [6.07, 6.45) is 0. The van der Waals surface area contributed by atoms with Gasteiger partial charge in [0.1, 0.15) is 5.41 Å². The number of carbonyl (C=O) groups is 1. The van der Waals surface area contributed by atoms with Gasteiger partial charge < -0.3 is 10.2 Å². The van der Waals surface area contributed by atoms with Crippen molar-refractivity contribution in [3.63, 3.8) is 0 Å². The SMILES string of the molecule is C[C@H](CN1CCN(c2ccccc2)CC1)NC(=O)C(C)(C)C#N. The van der Waals surface area contributed by atoms with Crippen molar-refractivity contribution >= 4 is 11.6 Å². The van der Waals surface area contributed by atoms with E-state index in [4.69, 9.17) is 5.26 Å².